The summed E-state index contributed by atoms with van der Waals surface area (Å²) in [7, 11) is 0. The van der Waals surface area contributed by atoms with E-state index in [9.17, 15) is 9.18 Å². The third-order valence-corrected chi connectivity index (χ3v) is 3.62. The van der Waals surface area contributed by atoms with Crippen molar-refractivity contribution in [3.8, 4) is 0 Å². The van der Waals surface area contributed by atoms with Crippen molar-refractivity contribution in [2.24, 2.45) is 11.7 Å². The van der Waals surface area contributed by atoms with Gasteiger partial charge in [-0.15, -0.1) is 0 Å². The third-order valence-electron chi connectivity index (χ3n) is 3.02. The molecule has 1 saturated carbocycles. The lowest BCUT2D eigenvalue weighted by molar-refractivity contribution is 0.0933. The quantitative estimate of drug-likeness (QED) is 0.838. The standard InChI is InChI=1S/C12H13Cl2FN2O/c13-8-4-9(14)10(15)3-7(8)12(18)17-11(5-16)6-1-2-6/h3-4,6,11H,1-2,5,16H2,(H,17,18). The highest BCUT2D eigenvalue weighted by Crippen LogP contribution is 2.32. The molecule has 6 heteroatoms. The number of hydrogen-bond acceptors (Lipinski definition) is 2. The summed E-state index contributed by atoms with van der Waals surface area (Å²) >= 11 is 11.4. The number of halogens is 3. The van der Waals surface area contributed by atoms with E-state index in [2.05, 4.69) is 5.32 Å². The zero-order valence-corrected chi connectivity index (χ0v) is 11.1. The number of carbonyl (C=O) groups excluding carboxylic acids is 1. The molecular formula is C12H13Cl2FN2O. The Morgan fingerprint density at radius 1 is 1.44 bits per heavy atom. The van der Waals surface area contributed by atoms with Gasteiger partial charge in [0.1, 0.15) is 5.82 Å². The van der Waals surface area contributed by atoms with Crippen LogP contribution in [0.2, 0.25) is 10.0 Å². The predicted octanol–water partition coefficient (Wildman–Crippen LogP) is 2.60. The van der Waals surface area contributed by atoms with E-state index in [1.165, 1.54) is 6.07 Å². The molecule has 98 valence electrons. The molecule has 1 atom stereocenters. The second kappa shape index (κ2) is 5.43. The van der Waals surface area contributed by atoms with Gasteiger partial charge in [-0.3, -0.25) is 4.79 Å². The number of nitrogens with two attached hydrogens (primary N) is 1. The van der Waals surface area contributed by atoms with Gasteiger partial charge in [-0.2, -0.15) is 0 Å². The molecule has 0 saturated heterocycles. The van der Waals surface area contributed by atoms with Crippen LogP contribution in [0.3, 0.4) is 0 Å². The van der Waals surface area contributed by atoms with Crippen LogP contribution in [-0.2, 0) is 0 Å². The molecule has 1 amide bonds. The summed E-state index contributed by atoms with van der Waals surface area (Å²) in [5.74, 6) is -0.658. The van der Waals surface area contributed by atoms with Crippen LogP contribution in [0, 0.1) is 11.7 Å². The molecule has 0 radical (unpaired) electrons. The molecule has 3 N–H and O–H groups in total. The van der Waals surface area contributed by atoms with Gasteiger partial charge in [-0.25, -0.2) is 4.39 Å². The third kappa shape index (κ3) is 2.94. The number of rotatable bonds is 4. The van der Waals surface area contributed by atoms with E-state index in [0.717, 1.165) is 18.9 Å². The van der Waals surface area contributed by atoms with Gasteiger partial charge in [0.05, 0.1) is 15.6 Å². The van der Waals surface area contributed by atoms with E-state index in [-0.39, 0.29) is 21.7 Å². The predicted molar refractivity (Wildman–Crippen MR) is 69.5 cm³/mol. The van der Waals surface area contributed by atoms with Crippen LogP contribution in [-0.4, -0.2) is 18.5 Å². The van der Waals surface area contributed by atoms with Crippen LogP contribution < -0.4 is 11.1 Å². The lowest BCUT2D eigenvalue weighted by Crippen LogP contribution is -2.41. The van der Waals surface area contributed by atoms with Crippen molar-refractivity contribution in [3.63, 3.8) is 0 Å². The van der Waals surface area contributed by atoms with Gasteiger partial charge in [0, 0.05) is 12.6 Å². The zero-order chi connectivity index (χ0) is 13.3. The minimum atomic E-state index is -0.665. The van der Waals surface area contributed by atoms with Crippen molar-refractivity contribution >= 4 is 29.1 Å². The molecule has 3 nitrogen and oxygen atoms in total. The lowest BCUT2D eigenvalue weighted by atomic mass is 10.1. The van der Waals surface area contributed by atoms with Crippen molar-refractivity contribution in [3.05, 3.63) is 33.6 Å². The molecule has 0 heterocycles. The van der Waals surface area contributed by atoms with E-state index in [0.29, 0.717) is 12.5 Å². The summed E-state index contributed by atoms with van der Waals surface area (Å²) < 4.78 is 13.3. The summed E-state index contributed by atoms with van der Waals surface area (Å²) in [6.07, 6.45) is 2.12. The second-order valence-electron chi connectivity index (χ2n) is 4.40. The van der Waals surface area contributed by atoms with Crippen LogP contribution in [0.5, 0.6) is 0 Å². The Labute approximate surface area is 114 Å². The first-order valence-corrected chi connectivity index (χ1v) is 6.44. The molecule has 1 fully saturated rings. The molecule has 1 aliphatic carbocycles. The summed E-state index contributed by atoms with van der Waals surface area (Å²) in [4.78, 5) is 12.0. The largest absolute Gasteiger partial charge is 0.348 e. The number of benzene rings is 1. The van der Waals surface area contributed by atoms with Crippen LogP contribution in [0.15, 0.2) is 12.1 Å². The highest BCUT2D eigenvalue weighted by Gasteiger charge is 2.31. The van der Waals surface area contributed by atoms with Gasteiger partial charge in [-0.05, 0) is 30.9 Å². The smallest absolute Gasteiger partial charge is 0.253 e. The molecule has 0 aromatic heterocycles. The van der Waals surface area contributed by atoms with Gasteiger partial charge in [0.15, 0.2) is 0 Å². The number of nitrogens with one attached hydrogen (secondary N) is 1. The minimum absolute atomic E-state index is 0.0766. The molecule has 2 rings (SSSR count). The first-order valence-electron chi connectivity index (χ1n) is 5.68. The summed E-state index contributed by atoms with van der Waals surface area (Å²) in [5, 5.41) is 2.80. The zero-order valence-electron chi connectivity index (χ0n) is 9.55. The minimum Gasteiger partial charge on any atom is -0.348 e. The van der Waals surface area contributed by atoms with Gasteiger partial charge >= 0.3 is 0 Å². The van der Waals surface area contributed by atoms with Gasteiger partial charge in [-0.1, -0.05) is 23.2 Å². The maximum atomic E-state index is 13.3. The molecule has 18 heavy (non-hydrogen) atoms. The molecule has 0 aliphatic heterocycles. The molecule has 1 unspecified atom stereocenters. The number of amides is 1. The van der Waals surface area contributed by atoms with Crippen molar-refractivity contribution in [2.45, 2.75) is 18.9 Å². The summed E-state index contributed by atoms with van der Waals surface area (Å²) in [6.45, 7) is 0.365. The fraction of sp³-hybridized carbons (Fsp3) is 0.417. The lowest BCUT2D eigenvalue weighted by Gasteiger charge is -2.16. The first kappa shape index (κ1) is 13.6. The molecule has 0 bridgehead atoms. The Balaban J connectivity index is 2.15. The topological polar surface area (TPSA) is 55.1 Å². The van der Waals surface area contributed by atoms with Crippen LogP contribution in [0.4, 0.5) is 4.39 Å². The average Bonchev–Trinajstić information content (AvgIpc) is 3.14. The van der Waals surface area contributed by atoms with Crippen molar-refractivity contribution < 1.29 is 9.18 Å². The normalized spacial score (nSPS) is 16.4. The molecule has 1 aliphatic rings. The highest BCUT2D eigenvalue weighted by atomic mass is 35.5. The van der Waals surface area contributed by atoms with E-state index < -0.39 is 11.7 Å². The second-order valence-corrected chi connectivity index (χ2v) is 5.21. The average molecular weight is 291 g/mol. The van der Waals surface area contributed by atoms with Crippen LogP contribution >= 0.6 is 23.2 Å². The van der Waals surface area contributed by atoms with Crippen LogP contribution in [0.1, 0.15) is 23.2 Å². The van der Waals surface area contributed by atoms with Gasteiger partial charge < -0.3 is 11.1 Å². The molecule has 1 aromatic carbocycles. The maximum absolute atomic E-state index is 13.3. The molecular weight excluding hydrogens is 278 g/mol. The van der Waals surface area contributed by atoms with Crippen LogP contribution in [0.25, 0.3) is 0 Å². The number of hydrogen-bond donors (Lipinski definition) is 2. The summed E-state index contributed by atoms with van der Waals surface area (Å²) in [5.41, 5.74) is 5.67. The van der Waals surface area contributed by atoms with E-state index >= 15 is 0 Å². The van der Waals surface area contributed by atoms with E-state index in [1.54, 1.807) is 0 Å². The van der Waals surface area contributed by atoms with Gasteiger partial charge in [0.25, 0.3) is 5.91 Å². The first-order chi connectivity index (χ1) is 8.52. The van der Waals surface area contributed by atoms with Crippen molar-refractivity contribution in [1.82, 2.24) is 5.32 Å². The monoisotopic (exact) mass is 290 g/mol. The van der Waals surface area contributed by atoms with Crippen molar-refractivity contribution in [2.75, 3.05) is 6.54 Å². The fourth-order valence-corrected chi connectivity index (χ4v) is 2.28. The SMILES string of the molecule is NCC(NC(=O)c1cc(F)c(Cl)cc1Cl)C1CC1. The van der Waals surface area contributed by atoms with E-state index in [1.807, 2.05) is 0 Å². The molecule has 1 aromatic rings. The maximum Gasteiger partial charge on any atom is 0.253 e. The Bertz CT molecular complexity index is 477. The Morgan fingerprint density at radius 2 is 2.11 bits per heavy atom. The Kier molecular flexibility index (Phi) is 4.10. The summed E-state index contributed by atoms with van der Waals surface area (Å²) in [6, 6.07) is 2.19. The van der Waals surface area contributed by atoms with Gasteiger partial charge in [0.2, 0.25) is 0 Å². The highest BCUT2D eigenvalue weighted by molar-refractivity contribution is 6.36. The fourth-order valence-electron chi connectivity index (χ4n) is 1.81. The van der Waals surface area contributed by atoms with E-state index in [4.69, 9.17) is 28.9 Å². The van der Waals surface area contributed by atoms with Crippen molar-refractivity contribution in [1.29, 1.82) is 0 Å². The number of carbonyl (C=O) groups is 1. The Morgan fingerprint density at radius 3 is 2.67 bits per heavy atom. The molecule has 0 spiro atoms. The Hall–Kier alpha value is -0.840.